The van der Waals surface area contributed by atoms with E-state index in [1.807, 2.05) is 63.2 Å². The highest BCUT2D eigenvalue weighted by molar-refractivity contribution is 5.75. The van der Waals surface area contributed by atoms with Gasteiger partial charge in [0.25, 0.3) is 5.56 Å². The molecule has 1 atom stereocenters. The Morgan fingerprint density at radius 2 is 1.94 bits per heavy atom. The Balaban J connectivity index is 1.52. The fraction of sp³-hybridized carbons (Fsp3) is 0.464. The molecule has 0 aliphatic carbocycles. The van der Waals surface area contributed by atoms with Crippen molar-refractivity contribution < 1.29 is 9.63 Å². The molecule has 1 N–H and O–H groups in total. The Hall–Kier alpha value is -3.19. The molecule has 7 nitrogen and oxygen atoms in total. The number of fused-ring (bicyclic) bond motifs is 1. The van der Waals surface area contributed by atoms with Gasteiger partial charge in [-0.15, -0.1) is 5.06 Å². The molecule has 0 bridgehead atoms. The van der Waals surface area contributed by atoms with E-state index in [2.05, 4.69) is 12.2 Å². The van der Waals surface area contributed by atoms with E-state index in [4.69, 9.17) is 9.82 Å². The number of hydroxylamine groups is 2. The van der Waals surface area contributed by atoms with E-state index in [1.54, 1.807) is 15.7 Å². The minimum atomic E-state index is -0.525. The predicted octanol–water partition coefficient (Wildman–Crippen LogP) is 5.08. The summed E-state index contributed by atoms with van der Waals surface area (Å²) in [6.45, 7) is 9.12. The molecule has 0 saturated carbocycles. The Morgan fingerprint density at radius 1 is 1.17 bits per heavy atom. The van der Waals surface area contributed by atoms with Crippen molar-refractivity contribution in [3.05, 3.63) is 64.7 Å². The van der Waals surface area contributed by atoms with Crippen LogP contribution in [-0.2, 0) is 16.1 Å². The molecule has 0 spiro atoms. The van der Waals surface area contributed by atoms with E-state index in [1.165, 1.54) is 0 Å². The summed E-state index contributed by atoms with van der Waals surface area (Å²) in [5.74, 6) is -0.211. The highest BCUT2D eigenvalue weighted by Crippen LogP contribution is 2.25. The fourth-order valence-electron chi connectivity index (χ4n) is 4.32. The van der Waals surface area contributed by atoms with Crippen molar-refractivity contribution in [2.75, 3.05) is 18.4 Å². The third-order valence-electron chi connectivity index (χ3n) is 6.33. The second kappa shape index (κ2) is 10.6. The van der Waals surface area contributed by atoms with Crippen molar-refractivity contribution in [1.82, 2.24) is 14.4 Å². The first kappa shape index (κ1) is 24.9. The first-order valence-electron chi connectivity index (χ1n) is 12.6. The van der Waals surface area contributed by atoms with Gasteiger partial charge in [-0.25, -0.2) is 9.78 Å². The largest absolute Gasteiger partial charge is 0.381 e. The van der Waals surface area contributed by atoms with Gasteiger partial charge in [-0.05, 0) is 76.3 Å². The van der Waals surface area contributed by atoms with Crippen molar-refractivity contribution in [1.29, 1.82) is 0 Å². The number of nitrogens with one attached hydrogen (secondary N) is 1. The van der Waals surface area contributed by atoms with Crippen molar-refractivity contribution in [2.24, 2.45) is 5.41 Å². The van der Waals surface area contributed by atoms with Crippen LogP contribution in [0.3, 0.4) is 0 Å². The summed E-state index contributed by atoms with van der Waals surface area (Å²) in [6, 6.07) is 13.8. The Bertz CT molecular complexity index is 1230. The van der Waals surface area contributed by atoms with Crippen LogP contribution in [0.4, 0.5) is 5.69 Å². The summed E-state index contributed by atoms with van der Waals surface area (Å²) >= 11 is 0. The quantitative estimate of drug-likeness (QED) is 0.512. The Labute approximate surface area is 207 Å². The predicted molar refractivity (Wildman–Crippen MR) is 139 cm³/mol. The Kier molecular flexibility index (Phi) is 7.55. The monoisotopic (exact) mass is 476 g/mol. The van der Waals surface area contributed by atoms with Crippen molar-refractivity contribution in [2.45, 2.75) is 65.8 Å². The number of carbonyl (C=O) groups excluding carboxylic acids is 1. The fourth-order valence-corrected chi connectivity index (χ4v) is 4.32. The van der Waals surface area contributed by atoms with E-state index >= 15 is 0 Å². The average molecular weight is 477 g/mol. The summed E-state index contributed by atoms with van der Waals surface area (Å²) in [5, 5.41) is 5.33. The zero-order chi connectivity index (χ0) is 25.0. The SMILES string of the molecule is CCCCc1nc2ccccn2c(=O)c1-c1ccc(N[C@@H]2CCCN(OC(=O)C(C)(C)C)C2)cc1. The molecular weight excluding hydrogens is 440 g/mol. The van der Waals surface area contributed by atoms with Crippen LogP contribution >= 0.6 is 0 Å². The van der Waals surface area contributed by atoms with E-state index in [0.29, 0.717) is 17.8 Å². The zero-order valence-electron chi connectivity index (χ0n) is 21.2. The third-order valence-corrected chi connectivity index (χ3v) is 6.33. The maximum absolute atomic E-state index is 13.4. The smallest absolute Gasteiger partial charge is 0.330 e. The molecule has 0 radical (unpaired) electrons. The standard InChI is InChI=1S/C28H36N4O3/c1-5-6-11-23-25(26(33)32-18-8-7-12-24(32)30-23)20-13-15-21(16-14-20)29-22-10-9-17-31(19-22)35-27(34)28(2,3)4/h7-8,12-16,18,22,29H,5-6,9-11,17,19H2,1-4H3/t22-/m1/s1. The minimum absolute atomic E-state index is 0.0361. The lowest BCUT2D eigenvalue weighted by molar-refractivity contribution is -0.204. The van der Waals surface area contributed by atoms with Gasteiger partial charge in [0, 0.05) is 24.5 Å². The number of rotatable bonds is 7. The Morgan fingerprint density at radius 3 is 2.66 bits per heavy atom. The van der Waals surface area contributed by atoms with Gasteiger partial charge in [-0.3, -0.25) is 9.20 Å². The molecule has 186 valence electrons. The number of anilines is 1. The van der Waals surface area contributed by atoms with E-state index in [0.717, 1.165) is 55.6 Å². The molecule has 7 heteroatoms. The molecule has 0 unspecified atom stereocenters. The van der Waals surface area contributed by atoms with Gasteiger partial charge in [0.2, 0.25) is 0 Å². The number of piperidine rings is 1. The number of hydrogen-bond acceptors (Lipinski definition) is 6. The molecule has 1 aromatic carbocycles. The van der Waals surface area contributed by atoms with Crippen LogP contribution in [0.1, 0.15) is 59.1 Å². The lowest BCUT2D eigenvalue weighted by atomic mass is 9.98. The van der Waals surface area contributed by atoms with Crippen LogP contribution in [0.5, 0.6) is 0 Å². The molecule has 2 aromatic heterocycles. The summed E-state index contributed by atoms with van der Waals surface area (Å²) in [4.78, 5) is 36.0. The average Bonchev–Trinajstić information content (AvgIpc) is 2.83. The maximum atomic E-state index is 13.4. The van der Waals surface area contributed by atoms with Crippen molar-refractivity contribution in [3.63, 3.8) is 0 Å². The maximum Gasteiger partial charge on any atom is 0.330 e. The molecule has 4 rings (SSSR count). The summed E-state index contributed by atoms with van der Waals surface area (Å²) < 4.78 is 1.62. The van der Waals surface area contributed by atoms with E-state index in [-0.39, 0.29) is 17.6 Å². The molecule has 0 amide bonds. The second-order valence-corrected chi connectivity index (χ2v) is 10.3. The van der Waals surface area contributed by atoms with Gasteiger partial charge in [0.1, 0.15) is 5.65 Å². The lowest BCUT2D eigenvalue weighted by Gasteiger charge is -2.33. The van der Waals surface area contributed by atoms with Crippen LogP contribution in [0.15, 0.2) is 53.5 Å². The number of aryl methyl sites for hydroxylation is 1. The zero-order valence-corrected chi connectivity index (χ0v) is 21.2. The number of pyridine rings is 1. The van der Waals surface area contributed by atoms with Crippen molar-refractivity contribution >= 4 is 17.3 Å². The van der Waals surface area contributed by atoms with Crippen LogP contribution in [0, 0.1) is 5.41 Å². The van der Waals surface area contributed by atoms with Crippen molar-refractivity contribution in [3.8, 4) is 11.1 Å². The number of unbranched alkanes of at least 4 members (excludes halogenated alkanes) is 1. The van der Waals surface area contributed by atoms with Crippen LogP contribution in [-0.4, -0.2) is 39.5 Å². The van der Waals surface area contributed by atoms with Gasteiger partial charge < -0.3 is 10.2 Å². The highest BCUT2D eigenvalue weighted by Gasteiger charge is 2.29. The number of hydrogen-bond donors (Lipinski definition) is 1. The van der Waals surface area contributed by atoms with E-state index < -0.39 is 5.41 Å². The first-order valence-corrected chi connectivity index (χ1v) is 12.6. The second-order valence-electron chi connectivity index (χ2n) is 10.3. The van der Waals surface area contributed by atoms with Crippen LogP contribution < -0.4 is 10.9 Å². The minimum Gasteiger partial charge on any atom is -0.381 e. The highest BCUT2D eigenvalue weighted by atomic mass is 16.7. The summed E-state index contributed by atoms with van der Waals surface area (Å²) in [5.41, 5.74) is 3.50. The van der Waals surface area contributed by atoms with Gasteiger partial charge in [-0.2, -0.15) is 0 Å². The summed E-state index contributed by atoms with van der Waals surface area (Å²) in [7, 11) is 0. The number of benzene rings is 1. The number of carbonyl (C=O) groups is 1. The third kappa shape index (κ3) is 5.90. The topological polar surface area (TPSA) is 75.9 Å². The molecule has 3 aromatic rings. The van der Waals surface area contributed by atoms with Gasteiger partial charge in [-0.1, -0.05) is 31.5 Å². The molecule has 3 heterocycles. The van der Waals surface area contributed by atoms with Gasteiger partial charge >= 0.3 is 5.97 Å². The number of nitrogens with zero attached hydrogens (tertiary/aromatic N) is 3. The molecule has 35 heavy (non-hydrogen) atoms. The van der Waals surface area contributed by atoms with Crippen LogP contribution in [0.25, 0.3) is 16.8 Å². The lowest BCUT2D eigenvalue weighted by Crippen LogP contribution is -2.44. The molecular formula is C28H36N4O3. The number of aromatic nitrogens is 2. The molecule has 1 aliphatic heterocycles. The molecule has 1 fully saturated rings. The van der Waals surface area contributed by atoms with Gasteiger partial charge in [0.15, 0.2) is 0 Å². The van der Waals surface area contributed by atoms with E-state index in [9.17, 15) is 9.59 Å². The molecule has 1 aliphatic rings. The van der Waals surface area contributed by atoms with Gasteiger partial charge in [0.05, 0.1) is 23.2 Å². The molecule has 1 saturated heterocycles. The first-order chi connectivity index (χ1) is 16.8. The normalized spacial score (nSPS) is 16.9. The summed E-state index contributed by atoms with van der Waals surface area (Å²) in [6.07, 6.45) is 6.53. The van der Waals surface area contributed by atoms with Crippen LogP contribution in [0.2, 0.25) is 0 Å².